The average Bonchev–Trinajstić information content (AvgIpc) is 3.32. The maximum Gasteiger partial charge on any atom is 0.408 e. The molecule has 1 aromatic heterocycles. The highest BCUT2D eigenvalue weighted by Crippen LogP contribution is 2.29. The van der Waals surface area contributed by atoms with Crippen LogP contribution in [-0.4, -0.2) is 63.1 Å². The van der Waals surface area contributed by atoms with E-state index >= 15 is 0 Å². The van der Waals surface area contributed by atoms with Gasteiger partial charge in [-0.2, -0.15) is 5.10 Å². The van der Waals surface area contributed by atoms with Crippen LogP contribution in [0.5, 0.6) is 0 Å². The van der Waals surface area contributed by atoms with Gasteiger partial charge in [-0.1, -0.05) is 36.4 Å². The van der Waals surface area contributed by atoms with E-state index in [1.54, 1.807) is 6.26 Å². The molecule has 1 fully saturated rings. The van der Waals surface area contributed by atoms with Crippen molar-refractivity contribution in [1.29, 1.82) is 0 Å². The number of nitrogens with zero attached hydrogens (tertiary/aromatic N) is 2. The second kappa shape index (κ2) is 12.1. The zero-order valence-corrected chi connectivity index (χ0v) is 20.5. The molecule has 35 heavy (non-hydrogen) atoms. The first-order valence-corrected chi connectivity index (χ1v) is 12.9. The van der Waals surface area contributed by atoms with E-state index in [0.717, 1.165) is 65.6 Å². The predicted molar refractivity (Wildman–Crippen MR) is 136 cm³/mol. The fourth-order valence-electron chi connectivity index (χ4n) is 4.70. The van der Waals surface area contributed by atoms with Crippen molar-refractivity contribution in [2.24, 2.45) is 0 Å². The molecule has 2 amide bonds. The van der Waals surface area contributed by atoms with Gasteiger partial charge in [0.25, 0.3) is 0 Å². The van der Waals surface area contributed by atoms with Crippen LogP contribution < -0.4 is 10.6 Å². The molecule has 3 heterocycles. The van der Waals surface area contributed by atoms with E-state index in [9.17, 15) is 9.59 Å². The molecule has 5 rings (SSSR count). The van der Waals surface area contributed by atoms with Crippen molar-refractivity contribution in [1.82, 2.24) is 25.7 Å². The van der Waals surface area contributed by atoms with Gasteiger partial charge in [0.1, 0.15) is 12.6 Å². The van der Waals surface area contributed by atoms with Crippen LogP contribution in [0.4, 0.5) is 4.79 Å². The molecule has 0 aliphatic carbocycles. The number of aromatic amines is 1. The molecule has 0 radical (unpaired) electrons. The van der Waals surface area contributed by atoms with Gasteiger partial charge in [0.05, 0.1) is 11.7 Å². The van der Waals surface area contributed by atoms with Crippen molar-refractivity contribution in [3.8, 4) is 0 Å². The summed E-state index contributed by atoms with van der Waals surface area (Å²) in [5.41, 5.74) is 4.01. The van der Waals surface area contributed by atoms with Gasteiger partial charge >= 0.3 is 6.09 Å². The van der Waals surface area contributed by atoms with Crippen LogP contribution in [0.15, 0.2) is 48.7 Å². The molecule has 9 nitrogen and oxygen atoms in total. The number of nitrogens with one attached hydrogen (secondary N) is 3. The molecule has 10 heteroatoms. The summed E-state index contributed by atoms with van der Waals surface area (Å²) in [6.45, 7) is 2.45. The van der Waals surface area contributed by atoms with Gasteiger partial charge in [-0.15, -0.1) is 0 Å². The fourth-order valence-corrected chi connectivity index (χ4v) is 4.70. The molecule has 0 bridgehead atoms. The molecule has 1 atom stereocenters. The number of ether oxygens (including phenoxy) is 1. The smallest absolute Gasteiger partial charge is 0.408 e. The molecule has 2 aliphatic heterocycles. The summed E-state index contributed by atoms with van der Waals surface area (Å²) in [5, 5.41) is 14.4. The average molecular weight is 498 g/mol. The highest BCUT2D eigenvalue weighted by atomic mass is 32.2. The minimum atomic E-state index is -0.668. The van der Waals surface area contributed by atoms with E-state index in [4.69, 9.17) is 9.29 Å². The second-order valence-electron chi connectivity index (χ2n) is 8.63. The topological polar surface area (TPSA) is 120 Å². The number of carbonyl (C=O) groups excluding carboxylic acids is 2. The summed E-state index contributed by atoms with van der Waals surface area (Å²) < 4.78 is 12.9. The van der Waals surface area contributed by atoms with E-state index in [-0.39, 0.29) is 18.6 Å². The predicted octanol–water partition coefficient (Wildman–Crippen LogP) is 3.32. The Morgan fingerprint density at radius 2 is 1.97 bits per heavy atom. The molecule has 1 saturated heterocycles. The molecule has 0 unspecified atom stereocenters. The number of rotatable bonds is 4. The third kappa shape index (κ3) is 6.14. The number of hydrogen-bond donors (Lipinski definition) is 4. The Labute approximate surface area is 208 Å². The Morgan fingerprint density at radius 3 is 2.71 bits per heavy atom. The van der Waals surface area contributed by atoms with Gasteiger partial charge in [-0.05, 0) is 60.7 Å². The van der Waals surface area contributed by atoms with E-state index in [0.29, 0.717) is 13.0 Å². The molecule has 2 aromatic carbocycles. The lowest BCUT2D eigenvalue weighted by atomic mass is 9.99. The molecular formula is C25H31N5O4S. The normalized spacial score (nSPS) is 18.3. The van der Waals surface area contributed by atoms with Gasteiger partial charge in [-0.25, -0.2) is 4.79 Å². The third-order valence-corrected chi connectivity index (χ3v) is 6.42. The molecule has 186 valence electrons. The summed E-state index contributed by atoms with van der Waals surface area (Å²) in [7, 11) is 0. The number of amides is 2. The number of carbonyl (C=O) groups is 2. The molecule has 0 spiro atoms. The van der Waals surface area contributed by atoms with Crippen LogP contribution in [0.2, 0.25) is 0 Å². The highest BCUT2D eigenvalue weighted by molar-refractivity contribution is 7.93. The SMILES string of the molecule is CSO.O=C(N[C@@H]1Cc2ccc3[nH]ncc3c2CN(C2CCNCC2)C1=O)OCc1ccccc1. The van der Waals surface area contributed by atoms with Crippen molar-refractivity contribution in [3.05, 3.63) is 65.4 Å². The maximum atomic E-state index is 13.6. The van der Waals surface area contributed by atoms with E-state index in [2.05, 4.69) is 20.8 Å². The van der Waals surface area contributed by atoms with Crippen molar-refractivity contribution < 1.29 is 18.9 Å². The van der Waals surface area contributed by atoms with Crippen LogP contribution in [0.3, 0.4) is 0 Å². The minimum Gasteiger partial charge on any atom is -0.445 e. The van der Waals surface area contributed by atoms with E-state index in [1.807, 2.05) is 53.6 Å². The second-order valence-corrected chi connectivity index (χ2v) is 8.99. The minimum absolute atomic E-state index is 0.0543. The van der Waals surface area contributed by atoms with Gasteiger partial charge in [0.15, 0.2) is 0 Å². The standard InChI is InChI=1S/C24H27N5O3.CH4OS/c30-23-22(27-24(31)32-15-16-4-2-1-3-5-16)12-17-6-7-21-19(13-26-28-21)20(17)14-29(23)18-8-10-25-11-9-18;1-3-2/h1-7,13,18,22,25H,8-12,14-15H2,(H,26,28)(H,27,31);2H,1H3/t22-;/m1./s1. The van der Waals surface area contributed by atoms with Crippen molar-refractivity contribution in [2.45, 2.75) is 44.5 Å². The number of H-pyrrole nitrogens is 1. The number of alkyl carbamates (subject to hydrolysis) is 1. The van der Waals surface area contributed by atoms with Crippen LogP contribution in [0, 0.1) is 0 Å². The lowest BCUT2D eigenvalue weighted by Crippen LogP contribution is -2.53. The Kier molecular flexibility index (Phi) is 8.62. The molecule has 3 aromatic rings. The third-order valence-electron chi connectivity index (χ3n) is 6.42. The summed E-state index contributed by atoms with van der Waals surface area (Å²) >= 11 is 0.750. The lowest BCUT2D eigenvalue weighted by molar-refractivity contribution is -0.136. The first-order chi connectivity index (χ1) is 17.1. The molecule has 0 saturated carbocycles. The quantitative estimate of drug-likeness (QED) is 0.408. The van der Waals surface area contributed by atoms with Gasteiger partial charge in [0.2, 0.25) is 5.91 Å². The van der Waals surface area contributed by atoms with E-state index in [1.165, 1.54) is 0 Å². The molecule has 4 N–H and O–H groups in total. The lowest BCUT2D eigenvalue weighted by Gasteiger charge is -2.35. The first kappa shape index (κ1) is 25.0. The summed E-state index contributed by atoms with van der Waals surface area (Å²) in [6, 6.07) is 13.0. The highest BCUT2D eigenvalue weighted by Gasteiger charge is 2.36. The van der Waals surface area contributed by atoms with Gasteiger partial charge in [0, 0.05) is 30.6 Å². The van der Waals surface area contributed by atoms with Crippen LogP contribution in [0.1, 0.15) is 29.5 Å². The summed E-state index contributed by atoms with van der Waals surface area (Å²) in [6.07, 6.45) is 5.06. The van der Waals surface area contributed by atoms with Gasteiger partial charge in [-0.3, -0.25) is 9.89 Å². The van der Waals surface area contributed by atoms with Crippen molar-refractivity contribution in [3.63, 3.8) is 0 Å². The van der Waals surface area contributed by atoms with Crippen LogP contribution in [0.25, 0.3) is 10.9 Å². The van der Waals surface area contributed by atoms with Gasteiger partial charge < -0.3 is 24.8 Å². The first-order valence-electron chi connectivity index (χ1n) is 11.7. The van der Waals surface area contributed by atoms with Crippen LogP contribution >= 0.6 is 12.0 Å². The largest absolute Gasteiger partial charge is 0.445 e. The fraction of sp³-hybridized carbons (Fsp3) is 0.400. The summed E-state index contributed by atoms with van der Waals surface area (Å²) in [4.78, 5) is 28.1. The molecule has 2 aliphatic rings. The maximum absolute atomic E-state index is 13.6. The number of hydrogen-bond acceptors (Lipinski definition) is 7. The van der Waals surface area contributed by atoms with Crippen molar-refractivity contribution in [2.75, 3.05) is 19.3 Å². The Hall–Kier alpha value is -3.08. The number of fused-ring (bicyclic) bond motifs is 3. The van der Waals surface area contributed by atoms with Crippen molar-refractivity contribution >= 4 is 34.9 Å². The summed E-state index contributed by atoms with van der Waals surface area (Å²) in [5.74, 6) is -0.0543. The Bertz CT molecular complexity index is 1130. The number of aromatic nitrogens is 2. The Balaban J connectivity index is 0.000000917. The van der Waals surface area contributed by atoms with E-state index < -0.39 is 12.1 Å². The zero-order valence-electron chi connectivity index (χ0n) is 19.7. The Morgan fingerprint density at radius 1 is 1.23 bits per heavy atom. The number of piperidine rings is 1. The zero-order chi connectivity index (χ0) is 24.6. The van der Waals surface area contributed by atoms with Crippen LogP contribution in [-0.2, 0) is 29.1 Å². The number of benzene rings is 2. The molecular weight excluding hydrogens is 466 g/mol. The monoisotopic (exact) mass is 497 g/mol.